The average molecular weight is 291 g/mol. The van der Waals surface area contributed by atoms with Crippen molar-refractivity contribution >= 4 is 17.3 Å². The first-order chi connectivity index (χ1) is 9.94. The SMILES string of the molecule is C[C@@H]1C[C@@H](C)CN(CC(=O)Nc2cccc([N+](=O)[O-])c2)C1. The summed E-state index contributed by atoms with van der Waals surface area (Å²) in [5.74, 6) is 1.07. The first-order valence-corrected chi connectivity index (χ1v) is 7.20. The van der Waals surface area contributed by atoms with E-state index in [9.17, 15) is 14.9 Å². The molecule has 2 rings (SSSR count). The number of nitrogens with one attached hydrogen (secondary N) is 1. The van der Waals surface area contributed by atoms with E-state index in [1.165, 1.54) is 18.6 Å². The van der Waals surface area contributed by atoms with Crippen LogP contribution in [0.3, 0.4) is 0 Å². The second-order valence-electron chi connectivity index (χ2n) is 6.00. The Hall–Kier alpha value is -1.95. The van der Waals surface area contributed by atoms with Gasteiger partial charge < -0.3 is 5.32 Å². The molecule has 0 aliphatic carbocycles. The highest BCUT2D eigenvalue weighted by Crippen LogP contribution is 2.21. The number of nitrogens with zero attached hydrogens (tertiary/aromatic N) is 2. The molecule has 1 aromatic rings. The Morgan fingerprint density at radius 2 is 2.05 bits per heavy atom. The van der Waals surface area contributed by atoms with E-state index in [2.05, 4.69) is 24.1 Å². The van der Waals surface area contributed by atoms with E-state index in [0.29, 0.717) is 24.1 Å². The molecule has 1 aliphatic heterocycles. The molecule has 114 valence electrons. The molecule has 2 atom stereocenters. The summed E-state index contributed by atoms with van der Waals surface area (Å²) < 4.78 is 0. The van der Waals surface area contributed by atoms with Crippen molar-refractivity contribution in [3.05, 3.63) is 34.4 Å². The predicted molar refractivity (Wildman–Crippen MR) is 81.1 cm³/mol. The van der Waals surface area contributed by atoms with Crippen LogP contribution in [-0.4, -0.2) is 35.4 Å². The summed E-state index contributed by atoms with van der Waals surface area (Å²) in [5.41, 5.74) is 0.445. The molecule has 21 heavy (non-hydrogen) atoms. The van der Waals surface area contributed by atoms with Crippen LogP contribution >= 0.6 is 0 Å². The molecule has 0 aromatic heterocycles. The predicted octanol–water partition coefficient (Wildman–Crippen LogP) is 2.51. The summed E-state index contributed by atoms with van der Waals surface area (Å²) >= 11 is 0. The van der Waals surface area contributed by atoms with Gasteiger partial charge in [-0.2, -0.15) is 0 Å². The fourth-order valence-corrected chi connectivity index (χ4v) is 3.02. The van der Waals surface area contributed by atoms with Crippen LogP contribution in [0.4, 0.5) is 11.4 Å². The number of hydrogen-bond donors (Lipinski definition) is 1. The zero-order chi connectivity index (χ0) is 15.4. The topological polar surface area (TPSA) is 75.5 Å². The lowest BCUT2D eigenvalue weighted by atomic mass is 9.92. The zero-order valence-corrected chi connectivity index (χ0v) is 12.4. The molecule has 1 heterocycles. The van der Waals surface area contributed by atoms with Crippen LogP contribution in [0.5, 0.6) is 0 Å². The van der Waals surface area contributed by atoms with E-state index in [1.54, 1.807) is 12.1 Å². The Morgan fingerprint density at radius 3 is 2.67 bits per heavy atom. The Balaban J connectivity index is 1.92. The number of likely N-dealkylation sites (tertiary alicyclic amines) is 1. The van der Waals surface area contributed by atoms with Gasteiger partial charge in [-0.1, -0.05) is 19.9 Å². The maximum atomic E-state index is 12.1. The van der Waals surface area contributed by atoms with Crippen LogP contribution in [0.1, 0.15) is 20.3 Å². The third-order valence-electron chi connectivity index (χ3n) is 3.65. The van der Waals surface area contributed by atoms with Gasteiger partial charge in [-0.25, -0.2) is 0 Å². The van der Waals surface area contributed by atoms with Gasteiger partial charge in [-0.05, 0) is 24.3 Å². The molecular formula is C15H21N3O3. The molecule has 1 aromatic carbocycles. The molecule has 0 unspecified atom stereocenters. The molecule has 1 amide bonds. The van der Waals surface area contributed by atoms with Crippen molar-refractivity contribution in [1.29, 1.82) is 0 Å². The molecule has 0 spiro atoms. The normalized spacial score (nSPS) is 22.8. The molecule has 1 N–H and O–H groups in total. The van der Waals surface area contributed by atoms with Crippen molar-refractivity contribution in [3.63, 3.8) is 0 Å². The van der Waals surface area contributed by atoms with Gasteiger partial charge in [0.15, 0.2) is 0 Å². The van der Waals surface area contributed by atoms with Crippen molar-refractivity contribution in [2.45, 2.75) is 20.3 Å². The standard InChI is InChI=1S/C15H21N3O3/c1-11-6-12(2)9-17(8-11)10-15(19)16-13-4-3-5-14(7-13)18(20)21/h3-5,7,11-12H,6,8-10H2,1-2H3,(H,16,19)/t11-,12-/m1/s1. The number of carbonyl (C=O) groups is 1. The highest BCUT2D eigenvalue weighted by molar-refractivity contribution is 5.92. The molecule has 1 saturated heterocycles. The maximum absolute atomic E-state index is 12.1. The molecule has 0 radical (unpaired) electrons. The van der Waals surface area contributed by atoms with Crippen molar-refractivity contribution in [2.24, 2.45) is 11.8 Å². The van der Waals surface area contributed by atoms with Crippen LogP contribution in [0.25, 0.3) is 0 Å². The van der Waals surface area contributed by atoms with E-state index < -0.39 is 4.92 Å². The molecule has 6 heteroatoms. The van der Waals surface area contributed by atoms with Crippen molar-refractivity contribution in [3.8, 4) is 0 Å². The van der Waals surface area contributed by atoms with E-state index in [1.807, 2.05) is 0 Å². The van der Waals surface area contributed by atoms with Gasteiger partial charge in [-0.15, -0.1) is 0 Å². The Kier molecular flexibility index (Phi) is 4.90. The Labute approximate surface area is 124 Å². The summed E-state index contributed by atoms with van der Waals surface area (Å²) in [7, 11) is 0. The van der Waals surface area contributed by atoms with E-state index in [0.717, 1.165) is 13.1 Å². The lowest BCUT2D eigenvalue weighted by molar-refractivity contribution is -0.384. The largest absolute Gasteiger partial charge is 0.325 e. The number of rotatable bonds is 4. The van der Waals surface area contributed by atoms with Gasteiger partial charge >= 0.3 is 0 Å². The molecular weight excluding hydrogens is 270 g/mol. The molecule has 6 nitrogen and oxygen atoms in total. The van der Waals surface area contributed by atoms with E-state index in [-0.39, 0.29) is 11.6 Å². The number of nitro benzene ring substituents is 1. The lowest BCUT2D eigenvalue weighted by Crippen LogP contribution is -2.42. The second-order valence-corrected chi connectivity index (χ2v) is 6.00. The highest BCUT2D eigenvalue weighted by atomic mass is 16.6. The summed E-state index contributed by atoms with van der Waals surface area (Å²) in [6.07, 6.45) is 1.20. The van der Waals surface area contributed by atoms with E-state index in [4.69, 9.17) is 0 Å². The van der Waals surface area contributed by atoms with Gasteiger partial charge in [0, 0.05) is 30.9 Å². The Bertz CT molecular complexity index is 523. The van der Waals surface area contributed by atoms with Gasteiger partial charge in [0.05, 0.1) is 11.5 Å². The first kappa shape index (κ1) is 15.4. The number of non-ortho nitro benzene ring substituents is 1. The number of piperidine rings is 1. The van der Waals surface area contributed by atoms with Crippen LogP contribution < -0.4 is 5.32 Å². The minimum Gasteiger partial charge on any atom is -0.325 e. The fraction of sp³-hybridized carbons (Fsp3) is 0.533. The third-order valence-corrected chi connectivity index (χ3v) is 3.65. The number of hydrogen-bond acceptors (Lipinski definition) is 4. The van der Waals surface area contributed by atoms with Crippen LogP contribution in [0.2, 0.25) is 0 Å². The highest BCUT2D eigenvalue weighted by Gasteiger charge is 2.23. The number of anilines is 1. The number of benzene rings is 1. The molecule has 0 bridgehead atoms. The van der Waals surface area contributed by atoms with Crippen LogP contribution in [0, 0.1) is 22.0 Å². The van der Waals surface area contributed by atoms with Crippen LogP contribution in [-0.2, 0) is 4.79 Å². The summed E-state index contributed by atoms with van der Waals surface area (Å²) in [6.45, 7) is 6.57. The minimum absolute atomic E-state index is 0.0204. The molecule has 1 fully saturated rings. The van der Waals surface area contributed by atoms with Gasteiger partial charge in [0.25, 0.3) is 5.69 Å². The summed E-state index contributed by atoms with van der Waals surface area (Å²) in [4.78, 5) is 24.4. The maximum Gasteiger partial charge on any atom is 0.271 e. The van der Waals surface area contributed by atoms with E-state index >= 15 is 0 Å². The number of carbonyl (C=O) groups excluding carboxylic acids is 1. The van der Waals surface area contributed by atoms with Gasteiger partial charge in [-0.3, -0.25) is 19.8 Å². The molecule has 1 aliphatic rings. The first-order valence-electron chi connectivity index (χ1n) is 7.20. The Morgan fingerprint density at radius 1 is 1.38 bits per heavy atom. The number of amides is 1. The fourth-order valence-electron chi connectivity index (χ4n) is 3.02. The quantitative estimate of drug-likeness (QED) is 0.683. The van der Waals surface area contributed by atoms with Crippen molar-refractivity contribution < 1.29 is 9.72 Å². The van der Waals surface area contributed by atoms with Crippen molar-refractivity contribution in [1.82, 2.24) is 4.90 Å². The third kappa shape index (κ3) is 4.53. The summed E-state index contributed by atoms with van der Waals surface area (Å²) in [5, 5.41) is 13.4. The minimum atomic E-state index is -0.469. The summed E-state index contributed by atoms with van der Waals surface area (Å²) in [6, 6.07) is 6.01. The average Bonchev–Trinajstić information content (AvgIpc) is 2.37. The van der Waals surface area contributed by atoms with Crippen molar-refractivity contribution in [2.75, 3.05) is 25.0 Å². The monoisotopic (exact) mass is 291 g/mol. The second kappa shape index (κ2) is 6.67. The number of nitro groups is 1. The van der Waals surface area contributed by atoms with Crippen LogP contribution in [0.15, 0.2) is 24.3 Å². The lowest BCUT2D eigenvalue weighted by Gasteiger charge is -2.34. The smallest absolute Gasteiger partial charge is 0.271 e. The van der Waals surface area contributed by atoms with Gasteiger partial charge in [0.1, 0.15) is 0 Å². The zero-order valence-electron chi connectivity index (χ0n) is 12.4. The molecule has 0 saturated carbocycles. The van der Waals surface area contributed by atoms with Gasteiger partial charge in [0.2, 0.25) is 5.91 Å².